The molecule has 196 valence electrons. The van der Waals surface area contributed by atoms with Gasteiger partial charge in [0, 0.05) is 16.3 Å². The van der Waals surface area contributed by atoms with E-state index in [0.717, 1.165) is 10.5 Å². The lowest BCUT2D eigenvalue weighted by Crippen LogP contribution is -2.67. The lowest BCUT2D eigenvalue weighted by molar-refractivity contribution is -0.130. The van der Waals surface area contributed by atoms with Crippen molar-refractivity contribution in [3.63, 3.8) is 0 Å². The zero-order valence-corrected chi connectivity index (χ0v) is 23.7. The van der Waals surface area contributed by atoms with Crippen LogP contribution in [0.25, 0.3) is 0 Å². The van der Waals surface area contributed by atoms with Crippen molar-refractivity contribution in [3.05, 3.63) is 83.8 Å². The molecule has 3 aromatic carbocycles. The van der Waals surface area contributed by atoms with Gasteiger partial charge in [-0.1, -0.05) is 64.1 Å². The van der Waals surface area contributed by atoms with Gasteiger partial charge >= 0.3 is 0 Å². The van der Waals surface area contributed by atoms with Crippen LogP contribution in [-0.2, 0) is 4.79 Å². The van der Waals surface area contributed by atoms with Crippen LogP contribution >= 0.6 is 58.0 Å². The second-order valence-electron chi connectivity index (χ2n) is 8.62. The van der Waals surface area contributed by atoms with E-state index in [-0.39, 0.29) is 31.2 Å². The predicted octanol–water partition coefficient (Wildman–Crippen LogP) is 7.03. The minimum Gasteiger partial charge on any atom is -0.497 e. The number of rotatable bonds is 5. The third kappa shape index (κ3) is 3.83. The molecule has 12 heteroatoms. The van der Waals surface area contributed by atoms with E-state index < -0.39 is 29.8 Å². The molecule has 0 N–H and O–H groups in total. The van der Waals surface area contributed by atoms with Gasteiger partial charge in [-0.3, -0.25) is 24.2 Å². The maximum absolute atomic E-state index is 13.8. The number of fused-ring (bicyclic) bond motifs is 1. The van der Waals surface area contributed by atoms with Crippen molar-refractivity contribution in [2.24, 2.45) is 0 Å². The average molecular weight is 615 g/mol. The Labute approximate surface area is 242 Å². The molecule has 0 saturated carbocycles. The molecule has 2 atom stereocenters. The number of imide groups is 1. The van der Waals surface area contributed by atoms with Crippen molar-refractivity contribution < 1.29 is 23.9 Å². The first kappa shape index (κ1) is 26.9. The minimum atomic E-state index is -1.27. The van der Waals surface area contributed by atoms with Gasteiger partial charge in [-0.15, -0.1) is 0 Å². The second kappa shape index (κ2) is 9.81. The highest BCUT2D eigenvalue weighted by Crippen LogP contribution is 2.51. The van der Waals surface area contributed by atoms with E-state index in [1.165, 1.54) is 19.1 Å². The van der Waals surface area contributed by atoms with Gasteiger partial charge in [0.1, 0.15) is 17.5 Å². The fraction of sp³-hybridized carbons (Fsp3) is 0.192. The summed E-state index contributed by atoms with van der Waals surface area (Å²) in [5.74, 6) is -1.26. The van der Waals surface area contributed by atoms with Gasteiger partial charge < -0.3 is 9.47 Å². The van der Waals surface area contributed by atoms with Gasteiger partial charge in [-0.25, -0.2) is 0 Å². The molecule has 2 heterocycles. The van der Waals surface area contributed by atoms with E-state index in [2.05, 4.69) is 0 Å². The highest BCUT2D eigenvalue weighted by molar-refractivity contribution is 6.55. The number of ether oxygens (including phenoxy) is 2. The number of methoxy groups -OCH3 is 2. The molecule has 1 saturated heterocycles. The second-order valence-corrected chi connectivity index (χ2v) is 10.6. The van der Waals surface area contributed by atoms with Crippen LogP contribution in [0.3, 0.4) is 0 Å². The number of halogens is 5. The molecule has 1 fully saturated rings. The Balaban J connectivity index is 1.71. The summed E-state index contributed by atoms with van der Waals surface area (Å²) in [5, 5.41) is -0.366. The van der Waals surface area contributed by atoms with Crippen molar-refractivity contribution in [3.8, 4) is 11.5 Å². The van der Waals surface area contributed by atoms with Crippen molar-refractivity contribution >= 4 is 81.4 Å². The Morgan fingerprint density at radius 2 is 1.32 bits per heavy atom. The predicted molar refractivity (Wildman–Crippen MR) is 147 cm³/mol. The number of amides is 3. The summed E-state index contributed by atoms with van der Waals surface area (Å²) in [6.07, 6.45) is 0. The quantitative estimate of drug-likeness (QED) is 0.134. The first-order valence-corrected chi connectivity index (χ1v) is 13.0. The van der Waals surface area contributed by atoms with E-state index in [4.69, 9.17) is 67.5 Å². The summed E-state index contributed by atoms with van der Waals surface area (Å²) in [6, 6.07) is 8.02. The summed E-state index contributed by atoms with van der Waals surface area (Å²) < 4.78 is 11.0. The summed E-state index contributed by atoms with van der Waals surface area (Å²) in [5.41, 5.74) is 1.34. The van der Waals surface area contributed by atoms with Crippen LogP contribution in [-0.4, -0.2) is 42.9 Å². The van der Waals surface area contributed by atoms with Gasteiger partial charge in [-0.2, -0.15) is 0 Å². The molecule has 0 unspecified atom stereocenters. The van der Waals surface area contributed by atoms with Crippen molar-refractivity contribution in [2.75, 3.05) is 19.1 Å². The molecule has 2 aliphatic rings. The van der Waals surface area contributed by atoms with Crippen molar-refractivity contribution in [1.82, 2.24) is 4.90 Å². The zero-order chi connectivity index (χ0) is 27.6. The van der Waals surface area contributed by atoms with E-state index in [0.29, 0.717) is 27.8 Å². The molecule has 0 bridgehead atoms. The van der Waals surface area contributed by atoms with Crippen LogP contribution < -0.4 is 14.4 Å². The van der Waals surface area contributed by atoms with Gasteiger partial charge in [0.25, 0.3) is 17.7 Å². The minimum absolute atomic E-state index is 0.165. The average Bonchev–Trinajstić information content (AvgIpc) is 3.16. The molecule has 0 radical (unpaired) electrons. The topological polar surface area (TPSA) is 76.1 Å². The highest BCUT2D eigenvalue weighted by atomic mass is 35.5. The maximum atomic E-state index is 13.8. The SMILES string of the molecule is COc1ccc(OC)c([C@@H]2[C@@H](N3C(=O)c4c(Cl)c(Cl)c(Cl)c(Cl)c4C3=O)C(=O)N2c2cc(Cl)ccc2C)c1. The first-order valence-electron chi connectivity index (χ1n) is 11.1. The van der Waals surface area contributed by atoms with Crippen LogP contribution in [0.1, 0.15) is 37.9 Å². The maximum Gasteiger partial charge on any atom is 0.264 e. The molecule has 5 rings (SSSR count). The Morgan fingerprint density at radius 1 is 0.711 bits per heavy atom. The van der Waals surface area contributed by atoms with Crippen LogP contribution in [0.5, 0.6) is 11.5 Å². The Bertz CT molecular complexity index is 1510. The number of anilines is 1. The fourth-order valence-electron chi connectivity index (χ4n) is 4.83. The normalized spacial score (nSPS) is 18.6. The molecule has 38 heavy (non-hydrogen) atoms. The number of nitrogens with zero attached hydrogens (tertiary/aromatic N) is 2. The lowest BCUT2D eigenvalue weighted by Gasteiger charge is -2.50. The Kier molecular flexibility index (Phi) is 6.95. The van der Waals surface area contributed by atoms with Gasteiger partial charge in [-0.05, 0) is 42.8 Å². The summed E-state index contributed by atoms with van der Waals surface area (Å²) >= 11 is 31.3. The summed E-state index contributed by atoms with van der Waals surface area (Å²) in [4.78, 5) is 43.5. The van der Waals surface area contributed by atoms with Gasteiger partial charge in [0.05, 0.1) is 51.5 Å². The van der Waals surface area contributed by atoms with Gasteiger partial charge in [0.2, 0.25) is 0 Å². The molecular weight excluding hydrogens is 598 g/mol. The highest BCUT2D eigenvalue weighted by Gasteiger charge is 2.59. The third-order valence-electron chi connectivity index (χ3n) is 6.66. The smallest absolute Gasteiger partial charge is 0.264 e. The number of hydrogen-bond acceptors (Lipinski definition) is 5. The van der Waals surface area contributed by atoms with E-state index in [1.807, 2.05) is 6.92 Å². The van der Waals surface area contributed by atoms with Crippen molar-refractivity contribution in [2.45, 2.75) is 19.0 Å². The summed E-state index contributed by atoms with van der Waals surface area (Å²) in [7, 11) is 2.97. The number of benzene rings is 3. The largest absolute Gasteiger partial charge is 0.497 e. The molecule has 3 aromatic rings. The number of β-lactam (4-membered cyclic amide) rings is 1. The first-order chi connectivity index (χ1) is 18.0. The number of carbonyl (C=O) groups is 3. The third-order valence-corrected chi connectivity index (χ3v) is 8.70. The molecular formula is C26H17Cl5N2O5. The molecule has 0 aliphatic carbocycles. The fourth-order valence-corrected chi connectivity index (χ4v) is 6.02. The van der Waals surface area contributed by atoms with Crippen LogP contribution in [0.2, 0.25) is 25.1 Å². The zero-order valence-electron chi connectivity index (χ0n) is 19.9. The molecule has 7 nitrogen and oxygen atoms in total. The lowest BCUT2D eigenvalue weighted by atomic mass is 9.85. The van der Waals surface area contributed by atoms with Gasteiger partial charge in [0.15, 0.2) is 0 Å². The number of carbonyl (C=O) groups excluding carboxylic acids is 3. The van der Waals surface area contributed by atoms with Crippen LogP contribution in [0, 0.1) is 6.92 Å². The molecule has 3 amide bonds. The Morgan fingerprint density at radius 3 is 1.87 bits per heavy atom. The molecule has 0 spiro atoms. The molecule has 0 aromatic heterocycles. The van der Waals surface area contributed by atoms with E-state index >= 15 is 0 Å². The van der Waals surface area contributed by atoms with Crippen LogP contribution in [0.4, 0.5) is 5.69 Å². The summed E-state index contributed by atoms with van der Waals surface area (Å²) in [6.45, 7) is 1.82. The van der Waals surface area contributed by atoms with Crippen molar-refractivity contribution in [1.29, 1.82) is 0 Å². The van der Waals surface area contributed by atoms with E-state index in [1.54, 1.807) is 36.4 Å². The van der Waals surface area contributed by atoms with E-state index in [9.17, 15) is 14.4 Å². The molecule has 2 aliphatic heterocycles. The number of aryl methyl sites for hydroxylation is 1. The standard InChI is InChI=1S/C26H17Cl5N2O5/c1-10-4-5-11(27)8-14(10)32-22(13-9-12(37-2)6-7-15(13)38-3)23(26(32)36)33-24(34)16-17(25(33)35)19(29)21(31)20(30)18(16)28/h4-9,22-23H,1-3H3/t22-,23-/m1/s1. The Hall–Kier alpha value is -2.68. The monoisotopic (exact) mass is 612 g/mol. The van der Waals surface area contributed by atoms with Crippen LogP contribution in [0.15, 0.2) is 36.4 Å². The number of hydrogen-bond donors (Lipinski definition) is 0.